The molecule has 0 aliphatic heterocycles. The van der Waals surface area contributed by atoms with Crippen LogP contribution >= 0.6 is 37.2 Å². The van der Waals surface area contributed by atoms with Crippen molar-refractivity contribution >= 4 is 37.2 Å². The van der Waals surface area contributed by atoms with Crippen LogP contribution in [0, 0.1) is 6.08 Å². The Labute approximate surface area is 162 Å². The van der Waals surface area contributed by atoms with Crippen molar-refractivity contribution in [1.29, 1.82) is 0 Å². The van der Waals surface area contributed by atoms with Crippen molar-refractivity contribution in [3.63, 3.8) is 0 Å². The number of halogens is 3. The zero-order valence-corrected chi connectivity index (χ0v) is 16.4. The average Bonchev–Trinajstić information content (AvgIpc) is 2.90. The van der Waals surface area contributed by atoms with E-state index < -0.39 is 0 Å². The molecule has 0 saturated carbocycles. The molecule has 0 saturated heterocycles. The van der Waals surface area contributed by atoms with Gasteiger partial charge in [0.2, 0.25) is 0 Å². The minimum absolute atomic E-state index is 0. The number of nitrogens with zero attached hydrogens (tertiary/aromatic N) is 1. The fraction of sp³-hybridized carbons (Fsp3) is 0.375. The van der Waals surface area contributed by atoms with Gasteiger partial charge in [-0.3, -0.25) is 11.0 Å². The molecule has 0 amide bonds. The van der Waals surface area contributed by atoms with Crippen molar-refractivity contribution in [3.8, 4) is 0 Å². The van der Waals surface area contributed by atoms with E-state index in [1.165, 1.54) is 11.1 Å². The summed E-state index contributed by atoms with van der Waals surface area (Å²) in [5.74, 6) is 0. The van der Waals surface area contributed by atoms with Gasteiger partial charge >= 0.3 is 0 Å². The van der Waals surface area contributed by atoms with Gasteiger partial charge in [0.25, 0.3) is 0 Å². The van der Waals surface area contributed by atoms with E-state index in [1.54, 1.807) is 0 Å². The van der Waals surface area contributed by atoms with Crippen molar-refractivity contribution < 1.29 is 21.7 Å². The molecule has 0 heterocycles. The Hall–Kier alpha value is 0.244. The van der Waals surface area contributed by atoms with Crippen LogP contribution < -0.4 is 0 Å². The summed E-state index contributed by atoms with van der Waals surface area (Å²) >= 11 is 0. The first-order valence-electron chi connectivity index (χ1n) is 6.43. The van der Waals surface area contributed by atoms with E-state index in [0.717, 1.165) is 19.5 Å². The van der Waals surface area contributed by atoms with Crippen LogP contribution in [0.5, 0.6) is 0 Å². The van der Waals surface area contributed by atoms with Crippen molar-refractivity contribution in [1.82, 2.24) is 4.90 Å². The van der Waals surface area contributed by atoms with Crippen molar-refractivity contribution in [2.45, 2.75) is 26.3 Å². The summed E-state index contributed by atoms with van der Waals surface area (Å²) in [6.45, 7) is 6.57. The van der Waals surface area contributed by atoms with E-state index in [4.69, 9.17) is 0 Å². The molecule has 1 nitrogen and oxygen atoms in total. The minimum atomic E-state index is 0. The van der Waals surface area contributed by atoms with Gasteiger partial charge in [0.15, 0.2) is 0 Å². The molecule has 1 aromatic rings. The van der Waals surface area contributed by atoms with Crippen molar-refractivity contribution in [2.24, 2.45) is 0 Å². The van der Waals surface area contributed by atoms with Crippen LogP contribution in [-0.2, 0) is 21.7 Å². The van der Waals surface area contributed by atoms with Crippen LogP contribution in [0.1, 0.15) is 31.9 Å². The molecule has 1 unspecified atom stereocenters. The molecular weight excluding hydrogens is 360 g/mol. The van der Waals surface area contributed by atoms with E-state index in [9.17, 15) is 0 Å². The SMILES string of the molecule is CCN(CC)C(C1=[C-]CC=C1)c1ccccc1.Cl.Cl.Cl.[Ti]. The number of likely N-dealkylation sites (N-methyl/N-ethyl adjacent to an activating group) is 1. The normalized spacial score (nSPS) is 13.2. The quantitative estimate of drug-likeness (QED) is 0.510. The predicted octanol–water partition coefficient (Wildman–Crippen LogP) is 5.02. The Bertz CT molecular complexity index is 417. The first-order valence-corrected chi connectivity index (χ1v) is 6.43. The Balaban J connectivity index is -0.000000810. The Morgan fingerprint density at radius 2 is 1.62 bits per heavy atom. The molecule has 2 rings (SSSR count). The van der Waals surface area contributed by atoms with Crippen LogP contribution in [0.3, 0.4) is 0 Å². The Morgan fingerprint density at radius 3 is 2.05 bits per heavy atom. The third-order valence-corrected chi connectivity index (χ3v) is 3.31. The van der Waals surface area contributed by atoms with Crippen LogP contribution in [0.25, 0.3) is 0 Å². The zero-order chi connectivity index (χ0) is 12.1. The zero-order valence-electron chi connectivity index (χ0n) is 12.4. The molecule has 0 fully saturated rings. The van der Waals surface area contributed by atoms with Gasteiger partial charge in [-0.2, -0.15) is 6.08 Å². The van der Waals surface area contributed by atoms with Gasteiger partial charge in [-0.15, -0.1) is 43.6 Å². The summed E-state index contributed by atoms with van der Waals surface area (Å²) in [7, 11) is 0. The summed E-state index contributed by atoms with van der Waals surface area (Å²) in [5.41, 5.74) is 2.69. The summed E-state index contributed by atoms with van der Waals surface area (Å²) < 4.78 is 0. The molecule has 21 heavy (non-hydrogen) atoms. The number of benzene rings is 1. The first kappa shape index (κ1) is 26.2. The Morgan fingerprint density at radius 1 is 1.05 bits per heavy atom. The number of hydrogen-bond acceptors (Lipinski definition) is 1. The van der Waals surface area contributed by atoms with Gasteiger partial charge in [-0.05, 0) is 18.7 Å². The molecule has 1 aliphatic rings. The molecule has 1 aromatic carbocycles. The topological polar surface area (TPSA) is 3.24 Å². The van der Waals surface area contributed by atoms with E-state index in [2.05, 4.69) is 67.3 Å². The van der Waals surface area contributed by atoms with Gasteiger partial charge in [0.1, 0.15) is 0 Å². The molecule has 0 aromatic heterocycles. The predicted molar refractivity (Wildman–Crippen MR) is 94.4 cm³/mol. The van der Waals surface area contributed by atoms with E-state index in [-0.39, 0.29) is 58.9 Å². The molecule has 118 valence electrons. The van der Waals surface area contributed by atoms with Crippen LogP contribution in [0.15, 0.2) is 48.1 Å². The maximum absolute atomic E-state index is 3.47. The molecule has 1 aliphatic carbocycles. The standard InChI is InChI=1S/C16H20N.3ClH.Ti/c1-3-17(4-2)16(15-12-8-9-13-15)14-10-6-5-7-11-14;;;;/h5-8,10-12,16H,3-4,9H2,1-2H3;3*1H;/q-1;;;;. The monoisotopic (exact) mass is 382 g/mol. The van der Waals surface area contributed by atoms with E-state index in [0.29, 0.717) is 6.04 Å². The molecule has 0 bridgehead atoms. The second-order valence-electron chi connectivity index (χ2n) is 4.27. The van der Waals surface area contributed by atoms with Gasteiger partial charge in [0, 0.05) is 27.8 Å². The second-order valence-corrected chi connectivity index (χ2v) is 4.27. The Kier molecular flexibility index (Phi) is 17.3. The number of hydrogen-bond donors (Lipinski definition) is 0. The van der Waals surface area contributed by atoms with Crippen LogP contribution in [0.4, 0.5) is 0 Å². The average molecular weight is 384 g/mol. The number of rotatable bonds is 5. The van der Waals surface area contributed by atoms with E-state index >= 15 is 0 Å². The fourth-order valence-corrected chi connectivity index (χ4v) is 2.42. The van der Waals surface area contributed by atoms with Crippen molar-refractivity contribution in [3.05, 3.63) is 59.7 Å². The molecule has 0 radical (unpaired) electrons. The van der Waals surface area contributed by atoms with Gasteiger partial charge in [-0.1, -0.05) is 44.2 Å². The maximum Gasteiger partial charge on any atom is 0.0269 e. The molecule has 5 heteroatoms. The van der Waals surface area contributed by atoms with Gasteiger partial charge in [-0.25, -0.2) is 11.6 Å². The summed E-state index contributed by atoms with van der Waals surface area (Å²) in [5, 5.41) is 0. The van der Waals surface area contributed by atoms with E-state index in [1.807, 2.05) is 0 Å². The summed E-state index contributed by atoms with van der Waals surface area (Å²) in [6, 6.07) is 11.1. The summed E-state index contributed by atoms with van der Waals surface area (Å²) in [6.07, 6.45) is 8.83. The van der Waals surface area contributed by atoms with Crippen LogP contribution in [0.2, 0.25) is 0 Å². The minimum Gasteiger partial charge on any atom is -0.296 e. The smallest absolute Gasteiger partial charge is 0.0269 e. The largest absolute Gasteiger partial charge is 0.296 e. The third kappa shape index (κ3) is 6.90. The fourth-order valence-electron chi connectivity index (χ4n) is 2.42. The second kappa shape index (κ2) is 13.9. The van der Waals surface area contributed by atoms with Gasteiger partial charge < -0.3 is 0 Å². The molecule has 0 N–H and O–H groups in total. The molecular formula is C16H23Cl3NTi-. The molecule has 1 atom stereocenters. The third-order valence-electron chi connectivity index (χ3n) is 3.31. The first-order chi connectivity index (χ1) is 8.36. The van der Waals surface area contributed by atoms with Crippen LogP contribution in [-0.4, -0.2) is 18.0 Å². The summed E-state index contributed by atoms with van der Waals surface area (Å²) in [4.78, 5) is 2.48. The van der Waals surface area contributed by atoms with Crippen molar-refractivity contribution in [2.75, 3.05) is 13.1 Å². The van der Waals surface area contributed by atoms with Gasteiger partial charge in [0.05, 0.1) is 0 Å². The number of allylic oxidation sites excluding steroid dienone is 2. The molecule has 0 spiro atoms. The maximum atomic E-state index is 3.47.